The Kier molecular flexibility index (Phi) is 2.10. The second-order valence-corrected chi connectivity index (χ2v) is 3.16. The monoisotopic (exact) mass is 201 g/mol. The SMILES string of the molecule is N#CNC(=O)c1ccc2c(c1)CC(=O)N2. The highest BCUT2D eigenvalue weighted by molar-refractivity contribution is 6.01. The molecular weight excluding hydrogens is 194 g/mol. The first-order chi connectivity index (χ1) is 7.20. The molecule has 1 aromatic carbocycles. The lowest BCUT2D eigenvalue weighted by molar-refractivity contribution is -0.115. The van der Waals surface area contributed by atoms with Gasteiger partial charge in [-0.25, -0.2) is 0 Å². The number of fused-ring (bicyclic) bond motifs is 1. The maximum atomic E-state index is 11.3. The van der Waals surface area contributed by atoms with Crippen LogP contribution < -0.4 is 10.6 Å². The molecule has 0 spiro atoms. The van der Waals surface area contributed by atoms with E-state index < -0.39 is 5.91 Å². The molecule has 5 heteroatoms. The van der Waals surface area contributed by atoms with Crippen LogP contribution in [0, 0.1) is 11.5 Å². The molecule has 15 heavy (non-hydrogen) atoms. The minimum atomic E-state index is -0.459. The van der Waals surface area contributed by atoms with E-state index in [1.165, 1.54) is 0 Å². The maximum Gasteiger partial charge on any atom is 0.264 e. The molecule has 0 aromatic heterocycles. The molecule has 1 aliphatic rings. The van der Waals surface area contributed by atoms with Gasteiger partial charge in [0.1, 0.15) is 0 Å². The highest BCUT2D eigenvalue weighted by atomic mass is 16.2. The van der Waals surface area contributed by atoms with Gasteiger partial charge in [-0.15, -0.1) is 0 Å². The van der Waals surface area contributed by atoms with Gasteiger partial charge in [0, 0.05) is 11.3 Å². The van der Waals surface area contributed by atoms with Gasteiger partial charge in [0.25, 0.3) is 5.91 Å². The lowest BCUT2D eigenvalue weighted by Crippen LogP contribution is -2.17. The summed E-state index contributed by atoms with van der Waals surface area (Å²) in [5.41, 5.74) is 1.89. The fourth-order valence-corrected chi connectivity index (χ4v) is 1.49. The largest absolute Gasteiger partial charge is 0.326 e. The van der Waals surface area contributed by atoms with Gasteiger partial charge in [-0.2, -0.15) is 5.26 Å². The molecule has 1 aromatic rings. The summed E-state index contributed by atoms with van der Waals surface area (Å²) in [6.07, 6.45) is 1.84. The standard InChI is InChI=1S/C10H7N3O2/c11-5-12-10(15)6-1-2-8-7(3-6)4-9(14)13-8/h1-3H,4H2,(H,12,15)(H,13,14). The van der Waals surface area contributed by atoms with E-state index in [9.17, 15) is 9.59 Å². The molecule has 0 bridgehead atoms. The zero-order valence-corrected chi connectivity index (χ0v) is 7.70. The van der Waals surface area contributed by atoms with Crippen molar-refractivity contribution in [3.8, 4) is 6.19 Å². The summed E-state index contributed by atoms with van der Waals surface area (Å²) in [7, 11) is 0. The van der Waals surface area contributed by atoms with Gasteiger partial charge in [0.05, 0.1) is 6.42 Å². The van der Waals surface area contributed by atoms with Crippen molar-refractivity contribution < 1.29 is 9.59 Å². The van der Waals surface area contributed by atoms with Gasteiger partial charge in [-0.05, 0) is 23.8 Å². The average Bonchev–Trinajstić information content (AvgIpc) is 2.57. The number of benzene rings is 1. The Balaban J connectivity index is 2.32. The first-order valence-corrected chi connectivity index (χ1v) is 4.33. The smallest absolute Gasteiger partial charge is 0.264 e. The van der Waals surface area contributed by atoms with E-state index in [0.717, 1.165) is 11.3 Å². The molecule has 0 aliphatic carbocycles. The lowest BCUT2D eigenvalue weighted by Gasteiger charge is -2.01. The summed E-state index contributed by atoms with van der Waals surface area (Å²) in [5.74, 6) is -0.539. The number of anilines is 1. The molecule has 0 saturated carbocycles. The fourth-order valence-electron chi connectivity index (χ4n) is 1.49. The van der Waals surface area contributed by atoms with Crippen LogP contribution in [0.1, 0.15) is 15.9 Å². The van der Waals surface area contributed by atoms with Gasteiger partial charge in [-0.3, -0.25) is 14.9 Å². The maximum absolute atomic E-state index is 11.3. The fraction of sp³-hybridized carbons (Fsp3) is 0.100. The quantitative estimate of drug-likeness (QED) is 0.509. The van der Waals surface area contributed by atoms with Gasteiger partial charge in [0.2, 0.25) is 5.91 Å². The van der Waals surface area contributed by atoms with Crippen molar-refractivity contribution in [3.05, 3.63) is 29.3 Å². The zero-order chi connectivity index (χ0) is 10.8. The lowest BCUT2D eigenvalue weighted by atomic mass is 10.1. The van der Waals surface area contributed by atoms with Crippen LogP contribution in [0.5, 0.6) is 0 Å². The second-order valence-electron chi connectivity index (χ2n) is 3.16. The van der Waals surface area contributed by atoms with Crippen LogP contribution in [0.15, 0.2) is 18.2 Å². The Morgan fingerprint density at radius 3 is 3.07 bits per heavy atom. The van der Waals surface area contributed by atoms with E-state index in [1.807, 2.05) is 5.32 Å². The first-order valence-electron chi connectivity index (χ1n) is 4.33. The molecule has 2 amide bonds. The number of rotatable bonds is 1. The molecule has 2 N–H and O–H groups in total. The Hall–Kier alpha value is -2.35. The minimum absolute atomic E-state index is 0.0807. The molecule has 1 aliphatic heterocycles. The van der Waals surface area contributed by atoms with Gasteiger partial charge >= 0.3 is 0 Å². The number of nitriles is 1. The predicted molar refractivity (Wildman–Crippen MR) is 51.9 cm³/mol. The predicted octanol–water partition coefficient (Wildman–Crippen LogP) is 0.392. The van der Waals surface area contributed by atoms with Crippen molar-refractivity contribution in [1.29, 1.82) is 5.26 Å². The highest BCUT2D eigenvalue weighted by Gasteiger charge is 2.18. The van der Waals surface area contributed by atoms with Crippen molar-refractivity contribution in [1.82, 2.24) is 5.32 Å². The van der Waals surface area contributed by atoms with Crippen molar-refractivity contribution >= 4 is 17.5 Å². The molecule has 0 unspecified atom stereocenters. The number of carbonyl (C=O) groups is 2. The molecule has 2 rings (SSSR count). The molecular formula is C10H7N3O2. The molecule has 0 atom stereocenters. The van der Waals surface area contributed by atoms with E-state index in [0.29, 0.717) is 5.56 Å². The van der Waals surface area contributed by atoms with E-state index in [1.54, 1.807) is 24.4 Å². The summed E-state index contributed by atoms with van der Waals surface area (Å²) >= 11 is 0. The number of amides is 2. The topological polar surface area (TPSA) is 82.0 Å². The molecule has 5 nitrogen and oxygen atoms in total. The Morgan fingerprint density at radius 2 is 2.33 bits per heavy atom. The average molecular weight is 201 g/mol. The van der Waals surface area contributed by atoms with E-state index >= 15 is 0 Å². The van der Waals surface area contributed by atoms with E-state index in [2.05, 4.69) is 5.32 Å². The van der Waals surface area contributed by atoms with E-state index in [-0.39, 0.29) is 12.3 Å². The van der Waals surface area contributed by atoms with Gasteiger partial charge in [0.15, 0.2) is 6.19 Å². The first kappa shape index (κ1) is 9.21. The van der Waals surface area contributed by atoms with Crippen LogP contribution in [-0.4, -0.2) is 11.8 Å². The van der Waals surface area contributed by atoms with Crippen LogP contribution in [0.3, 0.4) is 0 Å². The van der Waals surface area contributed by atoms with Crippen LogP contribution in [0.25, 0.3) is 0 Å². The normalized spacial score (nSPS) is 12.6. The number of hydrogen-bond acceptors (Lipinski definition) is 3. The van der Waals surface area contributed by atoms with Crippen LogP contribution >= 0.6 is 0 Å². The van der Waals surface area contributed by atoms with Gasteiger partial charge < -0.3 is 5.32 Å². The Morgan fingerprint density at radius 1 is 1.53 bits per heavy atom. The van der Waals surface area contributed by atoms with Crippen molar-refractivity contribution in [2.24, 2.45) is 0 Å². The van der Waals surface area contributed by atoms with E-state index in [4.69, 9.17) is 5.26 Å². The second kappa shape index (κ2) is 3.42. The van der Waals surface area contributed by atoms with Crippen LogP contribution in [0.4, 0.5) is 5.69 Å². The third-order valence-corrected chi connectivity index (χ3v) is 2.16. The number of nitrogens with zero attached hydrogens (tertiary/aromatic N) is 1. The van der Waals surface area contributed by atoms with Crippen molar-refractivity contribution in [3.63, 3.8) is 0 Å². The highest BCUT2D eigenvalue weighted by Crippen LogP contribution is 2.23. The number of nitrogens with one attached hydrogen (secondary N) is 2. The third-order valence-electron chi connectivity index (χ3n) is 2.16. The minimum Gasteiger partial charge on any atom is -0.326 e. The summed E-state index contributed by atoms with van der Waals surface area (Å²) in [6, 6.07) is 4.84. The number of carbonyl (C=O) groups excluding carboxylic acids is 2. The van der Waals surface area contributed by atoms with Crippen LogP contribution in [-0.2, 0) is 11.2 Å². The van der Waals surface area contributed by atoms with Gasteiger partial charge in [-0.1, -0.05) is 0 Å². The Bertz CT molecular complexity index is 488. The summed E-state index contributed by atoms with van der Waals surface area (Å²) in [5, 5.41) is 13.0. The van der Waals surface area contributed by atoms with Crippen molar-refractivity contribution in [2.45, 2.75) is 6.42 Å². The summed E-state index contributed by atoms with van der Waals surface area (Å²) < 4.78 is 0. The molecule has 74 valence electrons. The molecule has 0 radical (unpaired) electrons. The molecule has 1 heterocycles. The molecule has 0 fully saturated rings. The number of hydrogen-bond donors (Lipinski definition) is 2. The third kappa shape index (κ3) is 1.65. The zero-order valence-electron chi connectivity index (χ0n) is 7.70. The van der Waals surface area contributed by atoms with Crippen molar-refractivity contribution in [2.75, 3.05) is 5.32 Å². The summed E-state index contributed by atoms with van der Waals surface area (Å²) in [6.45, 7) is 0. The van der Waals surface area contributed by atoms with Crippen LogP contribution in [0.2, 0.25) is 0 Å². The Labute approximate surface area is 85.7 Å². The summed E-state index contributed by atoms with van der Waals surface area (Å²) in [4.78, 5) is 22.3. The molecule has 0 saturated heterocycles.